The molecule has 0 saturated heterocycles. The lowest BCUT2D eigenvalue weighted by atomic mass is 9.90. The van der Waals surface area contributed by atoms with Crippen LogP contribution in [0.3, 0.4) is 0 Å². The number of nitriles is 2. The molecule has 1 aromatic heterocycles. The summed E-state index contributed by atoms with van der Waals surface area (Å²) >= 11 is 6.12. The number of rotatable bonds is 27. The summed E-state index contributed by atoms with van der Waals surface area (Å²) in [6, 6.07) is 104. The first kappa shape index (κ1) is 111. The molecule has 0 spiro atoms. The van der Waals surface area contributed by atoms with Gasteiger partial charge in [0, 0.05) is 35.2 Å². The molecule has 0 N–H and O–H groups in total. The number of nitrogens with zero attached hydrogens (tertiary/aromatic N) is 3. The van der Waals surface area contributed by atoms with Crippen LogP contribution in [-0.4, -0.2) is 36.8 Å². The van der Waals surface area contributed by atoms with E-state index in [1.807, 2.05) is 167 Å². The fourth-order valence-electron chi connectivity index (χ4n) is 16.5. The third kappa shape index (κ3) is 38.3. The van der Waals surface area contributed by atoms with Gasteiger partial charge in [-0.05, 0) is 288 Å². The van der Waals surface area contributed by atoms with Crippen molar-refractivity contribution in [3.05, 3.63) is 393 Å². The van der Waals surface area contributed by atoms with E-state index in [2.05, 4.69) is 256 Å². The highest BCUT2D eigenvalue weighted by molar-refractivity contribution is 6.31. The second-order valence-corrected chi connectivity index (χ2v) is 40.1. The summed E-state index contributed by atoms with van der Waals surface area (Å²) in [5, 5.41) is 19.2. The number of amides is 2. The van der Waals surface area contributed by atoms with Crippen molar-refractivity contribution in [2.45, 2.75) is 214 Å². The van der Waals surface area contributed by atoms with E-state index in [1.54, 1.807) is 24.3 Å². The van der Waals surface area contributed by atoms with Crippen LogP contribution in [0.5, 0.6) is 57.5 Å². The van der Waals surface area contributed by atoms with Gasteiger partial charge in [0.2, 0.25) is 13.6 Å². The van der Waals surface area contributed by atoms with Gasteiger partial charge in [-0.25, -0.2) is 4.39 Å². The van der Waals surface area contributed by atoms with Crippen molar-refractivity contribution in [1.29, 1.82) is 10.5 Å². The number of fused-ring (bicyclic) bond motifs is 2. The number of furan rings is 1. The lowest BCUT2D eigenvalue weighted by Gasteiger charge is -2.16. The Bertz CT molecular complexity index is 6010. The molecule has 0 radical (unpaired) electrons. The van der Waals surface area contributed by atoms with E-state index in [9.17, 15) is 24.5 Å². The van der Waals surface area contributed by atoms with E-state index in [0.717, 1.165) is 155 Å². The number of hydrogen-bond acceptors (Lipinski definition) is 12. The molecule has 0 bridgehead atoms. The average Bonchev–Trinajstić information content (AvgIpc) is 1.64. The molecule has 0 fully saturated rings. The number of para-hydroxylation sites is 3. The van der Waals surface area contributed by atoms with Crippen LogP contribution in [0.1, 0.15) is 224 Å². The number of carbonyl (C=O) groups is 2. The first-order valence-electron chi connectivity index (χ1n) is 50.1. The number of halogens is 2. The van der Waals surface area contributed by atoms with Crippen LogP contribution >= 0.6 is 11.6 Å². The Kier molecular flexibility index (Phi) is 46.2. The van der Waals surface area contributed by atoms with E-state index in [0.29, 0.717) is 61.4 Å². The van der Waals surface area contributed by atoms with Gasteiger partial charge in [-0.2, -0.15) is 10.5 Å². The van der Waals surface area contributed by atoms with Crippen molar-refractivity contribution in [2.24, 2.45) is 53.3 Å². The van der Waals surface area contributed by atoms with E-state index in [1.165, 1.54) is 67.5 Å². The Morgan fingerprint density at radius 2 is 0.780 bits per heavy atom. The Balaban J connectivity index is 0.000000178. The summed E-state index contributed by atoms with van der Waals surface area (Å²) in [7, 11) is 0. The van der Waals surface area contributed by atoms with Crippen molar-refractivity contribution in [2.75, 3.05) is 20.1 Å². The Labute approximate surface area is 846 Å². The van der Waals surface area contributed by atoms with Gasteiger partial charge in [-0.1, -0.05) is 336 Å². The summed E-state index contributed by atoms with van der Waals surface area (Å²) in [5.74, 6) is 12.5. The predicted octanol–water partition coefficient (Wildman–Crippen LogP) is 33.9. The third-order valence-electron chi connectivity index (χ3n) is 23.1. The molecule has 12 aromatic carbocycles. The fraction of sp³-hybridized carbons (Fsp3) is 0.349. The van der Waals surface area contributed by atoms with Gasteiger partial charge in [-0.15, -0.1) is 0 Å². The molecule has 141 heavy (non-hydrogen) atoms. The topological polar surface area (TPSA) is 163 Å². The molecule has 2 atom stereocenters. The molecule has 0 unspecified atom stereocenters. The highest BCUT2D eigenvalue weighted by atomic mass is 35.5. The lowest BCUT2D eigenvalue weighted by molar-refractivity contribution is -0.138. The largest absolute Gasteiger partial charge is 0.469 e. The summed E-state index contributed by atoms with van der Waals surface area (Å²) in [5.41, 5.74) is 16.8. The zero-order chi connectivity index (χ0) is 102. The minimum absolute atomic E-state index is 0.0246. The van der Waals surface area contributed by atoms with Crippen LogP contribution in [0.25, 0.3) is 11.1 Å². The monoisotopic (exact) mass is 1920 g/mol. The summed E-state index contributed by atoms with van der Waals surface area (Å²) in [6.45, 7) is 42.3. The van der Waals surface area contributed by atoms with Crippen molar-refractivity contribution in [3.63, 3.8) is 0 Å². The predicted molar refractivity (Wildman–Crippen MR) is 575 cm³/mol. The quantitative estimate of drug-likeness (QED) is 0.0449. The van der Waals surface area contributed by atoms with E-state index in [-0.39, 0.29) is 41.2 Å². The molecule has 17 rings (SSSR count). The zero-order valence-electron chi connectivity index (χ0n) is 86.4. The third-order valence-corrected chi connectivity index (χ3v) is 23.5. The minimum Gasteiger partial charge on any atom is -0.469 e. The normalized spacial score (nSPS) is 12.8. The summed E-state index contributed by atoms with van der Waals surface area (Å²) in [6.07, 6.45) is 13.1. The first-order valence-corrected chi connectivity index (χ1v) is 50.5. The van der Waals surface area contributed by atoms with Crippen LogP contribution in [-0.2, 0) is 54.5 Å². The Morgan fingerprint density at radius 3 is 1.28 bits per heavy atom. The van der Waals surface area contributed by atoms with Crippen LogP contribution in [0.4, 0.5) is 4.39 Å². The van der Waals surface area contributed by atoms with Crippen molar-refractivity contribution < 1.29 is 51.6 Å². The zero-order valence-corrected chi connectivity index (χ0v) is 87.1. The molecule has 13 nitrogen and oxygen atoms in total. The van der Waals surface area contributed by atoms with Gasteiger partial charge in [-0.3, -0.25) is 14.5 Å². The molecule has 0 saturated carbocycles. The highest BCUT2D eigenvalue weighted by Crippen LogP contribution is 2.40. The maximum Gasteiger partial charge on any atom is 0.257 e. The van der Waals surface area contributed by atoms with E-state index < -0.39 is 5.82 Å². The maximum atomic E-state index is 13.8. The van der Waals surface area contributed by atoms with Crippen molar-refractivity contribution >= 4 is 23.4 Å². The smallest absolute Gasteiger partial charge is 0.257 e. The van der Waals surface area contributed by atoms with Gasteiger partial charge in [0.25, 0.3) is 11.8 Å². The van der Waals surface area contributed by atoms with Crippen LogP contribution in [0, 0.1) is 88.7 Å². The van der Waals surface area contributed by atoms with Crippen LogP contribution < -0.4 is 33.2 Å². The molecule has 13 aromatic rings. The lowest BCUT2D eigenvalue weighted by Crippen LogP contribution is -2.34. The number of imide groups is 1. The molecule has 1 aliphatic carbocycles. The Hall–Kier alpha value is -13.4. The molecule has 740 valence electrons. The molecule has 2 amide bonds. The second kappa shape index (κ2) is 58.6. The van der Waals surface area contributed by atoms with Gasteiger partial charge in [0.05, 0.1) is 30.2 Å². The van der Waals surface area contributed by atoms with Gasteiger partial charge in [0.15, 0.2) is 34.6 Å². The average molecular weight is 1920 g/mol. The van der Waals surface area contributed by atoms with Crippen LogP contribution in [0.2, 0.25) is 5.02 Å². The molecular weight excluding hydrogens is 1770 g/mol. The van der Waals surface area contributed by atoms with Crippen LogP contribution in [0.15, 0.2) is 325 Å². The molecule has 4 heterocycles. The molecule has 3 aliphatic heterocycles. The maximum absolute atomic E-state index is 13.8. The molecular formula is C126H147ClFN3O10. The highest BCUT2D eigenvalue weighted by Gasteiger charge is 2.39. The first-order chi connectivity index (χ1) is 67.8. The number of benzene rings is 12. The standard InChI is InChI=1S/C17H16FNO.C17H17NO.C17H20.C16H18O.C15H18O.C12H17NO2.C11H13ClO2.C11H14O2.C10H14/c1-12(2)15(11-19)13-8-9-16(18)17(10-13)20-14-6-4-3-5-7-14;1-13(2)17(12-18)14-7-6-10-16(11-14)19-15-8-4-3-5-9-15;1-13(2)12-16-10-7-11-17(14(16)3)15-8-5-4-6-9-15;1-13(2)11-14-7-6-10-16(12-14)17-15-8-4-3-5-9-15;1-12(2)8-14-10-15(16-11-14)9-13-6-4-3-5-7-13;1-8(2)7-13-11(14)9-5-3-4-6-10(9)12(13)15;1-7(2)3-8-4-10-11(5-9(8)12)14-6-13-10;1-8(2)5-9-3-4-10-11(6-9)13-7-12-10;1-9(2)8-10-6-4-3-5-7-10/h3-10,12,15H,1-2H3;3-11,13,17H,1-2H3;4-11,13H,12H2,1-3H3;3-10,12-13H,11H2,1-2H3;3-7,10-12H,8-9H2,1-2H3;8H,3-7H2,1-2H3;4-5,7H,3,6H2,1-2H3;3-4,6,8H,5,7H2,1-2H3;3-7,9H,8H2,1-2H3/t15-;17-;;;;;;;/m00......./s1. The minimum atomic E-state index is -0.432. The number of carbonyl (C=O) groups excluding carboxylic acids is 2. The van der Waals surface area contributed by atoms with Gasteiger partial charge in [0.1, 0.15) is 34.5 Å². The number of hydrogen-bond donors (Lipinski definition) is 0. The fourth-order valence-corrected chi connectivity index (χ4v) is 16.8. The second-order valence-electron chi connectivity index (χ2n) is 39.7. The molecule has 4 aliphatic rings. The van der Waals surface area contributed by atoms with Gasteiger partial charge < -0.3 is 37.6 Å². The van der Waals surface area contributed by atoms with E-state index in [4.69, 9.17) is 49.2 Å². The summed E-state index contributed by atoms with van der Waals surface area (Å²) in [4.78, 5) is 25.3. The van der Waals surface area contributed by atoms with E-state index >= 15 is 0 Å². The Morgan fingerprint density at radius 1 is 0.369 bits per heavy atom. The van der Waals surface area contributed by atoms with Gasteiger partial charge >= 0.3 is 0 Å². The summed E-state index contributed by atoms with van der Waals surface area (Å²) < 4.78 is 57.6. The van der Waals surface area contributed by atoms with Crippen molar-refractivity contribution in [3.8, 4) is 80.8 Å². The van der Waals surface area contributed by atoms with Crippen molar-refractivity contribution in [1.82, 2.24) is 4.90 Å². The number of ether oxygens (including phenoxy) is 7. The SMILES string of the molecule is CC(C)CN1C(=O)C2=C(CCCC2)C1=O.CC(C)Cc1cc2c(cc1Cl)OCO2.CC(C)Cc1ccc2c(c1)OCO2.CC(C)Cc1cccc(Oc2ccccc2)c1.CC(C)Cc1ccccc1.CC(C)Cc1coc(Cc2ccccc2)c1.CC(C)[C@H](C#N)c1ccc(F)c(Oc2ccccc2)c1.CC(C)[C@H](C#N)c1cccc(Oc2ccccc2)c1.Cc1c(CC(C)C)cccc1-c1ccccc1. The molecule has 15 heteroatoms.